The Bertz CT molecular complexity index is 612. The van der Waals surface area contributed by atoms with E-state index in [1.807, 2.05) is 65.6 Å². The number of benzene rings is 2. The molecule has 0 aliphatic carbocycles. The van der Waals surface area contributed by atoms with E-state index in [9.17, 15) is 4.79 Å². The second-order valence-electron chi connectivity index (χ2n) is 5.99. The van der Waals surface area contributed by atoms with Crippen LogP contribution in [0.1, 0.15) is 11.1 Å². The SMILES string of the molecule is CN1CCN(C(=O)C(Cl)(c2ccccc2)c2ccccc2)CC1. The van der Waals surface area contributed by atoms with E-state index in [1.54, 1.807) is 0 Å². The van der Waals surface area contributed by atoms with Crippen molar-refractivity contribution in [3.05, 3.63) is 71.8 Å². The van der Waals surface area contributed by atoms with Gasteiger partial charge in [-0.3, -0.25) is 4.79 Å². The lowest BCUT2D eigenvalue weighted by molar-refractivity contribution is -0.134. The van der Waals surface area contributed by atoms with Gasteiger partial charge >= 0.3 is 0 Å². The van der Waals surface area contributed by atoms with Crippen LogP contribution in [0.3, 0.4) is 0 Å². The fourth-order valence-electron chi connectivity index (χ4n) is 2.98. The molecule has 0 spiro atoms. The highest BCUT2D eigenvalue weighted by atomic mass is 35.5. The lowest BCUT2D eigenvalue weighted by Gasteiger charge is -2.38. The van der Waals surface area contributed by atoms with E-state index in [2.05, 4.69) is 11.9 Å². The van der Waals surface area contributed by atoms with E-state index in [-0.39, 0.29) is 5.91 Å². The number of carbonyl (C=O) groups is 1. The Balaban J connectivity index is 2.01. The molecule has 1 heterocycles. The molecule has 0 saturated carbocycles. The quantitative estimate of drug-likeness (QED) is 0.809. The van der Waals surface area contributed by atoms with Gasteiger partial charge in [0.2, 0.25) is 0 Å². The number of nitrogens with zero attached hydrogens (tertiary/aromatic N) is 2. The molecule has 4 heteroatoms. The van der Waals surface area contributed by atoms with Gasteiger partial charge in [-0.15, -0.1) is 0 Å². The fraction of sp³-hybridized carbons (Fsp3) is 0.316. The molecule has 120 valence electrons. The second-order valence-corrected chi connectivity index (χ2v) is 6.55. The molecule has 3 nitrogen and oxygen atoms in total. The topological polar surface area (TPSA) is 23.6 Å². The monoisotopic (exact) mass is 328 g/mol. The Labute approximate surface area is 142 Å². The molecule has 1 saturated heterocycles. The van der Waals surface area contributed by atoms with Crippen molar-refractivity contribution in [1.29, 1.82) is 0 Å². The van der Waals surface area contributed by atoms with Crippen LogP contribution in [0, 0.1) is 0 Å². The highest BCUT2D eigenvalue weighted by Crippen LogP contribution is 2.38. The number of hydrogen-bond donors (Lipinski definition) is 0. The maximum absolute atomic E-state index is 13.3. The van der Waals surface area contributed by atoms with Crippen LogP contribution in [0.2, 0.25) is 0 Å². The molecule has 0 unspecified atom stereocenters. The average Bonchev–Trinajstić information content (AvgIpc) is 2.62. The number of likely N-dealkylation sites (N-methyl/N-ethyl adjacent to an activating group) is 1. The van der Waals surface area contributed by atoms with E-state index in [1.165, 1.54) is 0 Å². The van der Waals surface area contributed by atoms with Gasteiger partial charge in [-0.1, -0.05) is 72.3 Å². The summed E-state index contributed by atoms with van der Waals surface area (Å²) in [6.45, 7) is 3.18. The summed E-state index contributed by atoms with van der Waals surface area (Å²) in [6.07, 6.45) is 0. The zero-order valence-corrected chi connectivity index (χ0v) is 14.0. The molecule has 0 N–H and O–H groups in total. The molecule has 0 aromatic heterocycles. The predicted molar refractivity (Wildman–Crippen MR) is 93.6 cm³/mol. The number of alkyl halides is 1. The minimum atomic E-state index is -1.17. The minimum Gasteiger partial charge on any atom is -0.338 e. The number of carbonyl (C=O) groups excluding carboxylic acids is 1. The van der Waals surface area contributed by atoms with Crippen molar-refractivity contribution in [1.82, 2.24) is 9.80 Å². The van der Waals surface area contributed by atoms with E-state index in [0.717, 1.165) is 24.2 Å². The normalized spacial score (nSPS) is 16.3. The smallest absolute Gasteiger partial charge is 0.252 e. The van der Waals surface area contributed by atoms with Crippen molar-refractivity contribution in [2.24, 2.45) is 0 Å². The number of rotatable bonds is 3. The maximum Gasteiger partial charge on any atom is 0.252 e. The van der Waals surface area contributed by atoms with Crippen LogP contribution in [0.15, 0.2) is 60.7 Å². The van der Waals surface area contributed by atoms with Crippen molar-refractivity contribution in [2.45, 2.75) is 4.87 Å². The van der Waals surface area contributed by atoms with Crippen LogP contribution in [0.5, 0.6) is 0 Å². The third kappa shape index (κ3) is 3.12. The maximum atomic E-state index is 13.3. The lowest BCUT2D eigenvalue weighted by Crippen LogP contribution is -2.52. The van der Waals surface area contributed by atoms with Crippen molar-refractivity contribution < 1.29 is 4.79 Å². The first-order chi connectivity index (χ1) is 11.1. The Morgan fingerprint density at radius 2 is 1.30 bits per heavy atom. The third-order valence-corrected chi connectivity index (χ3v) is 5.03. The highest BCUT2D eigenvalue weighted by molar-refractivity contribution is 6.37. The standard InChI is InChI=1S/C19H21ClN2O/c1-21-12-14-22(15-13-21)18(23)19(20,16-8-4-2-5-9-16)17-10-6-3-7-11-17/h2-11H,12-15H2,1H3. The van der Waals surface area contributed by atoms with Gasteiger partial charge in [0.15, 0.2) is 4.87 Å². The molecule has 3 rings (SSSR count). The van der Waals surface area contributed by atoms with Gasteiger partial charge in [-0.25, -0.2) is 0 Å². The van der Waals surface area contributed by atoms with Gasteiger partial charge in [0.05, 0.1) is 0 Å². The molecular formula is C19H21ClN2O. The van der Waals surface area contributed by atoms with E-state index < -0.39 is 4.87 Å². The molecule has 1 amide bonds. The summed E-state index contributed by atoms with van der Waals surface area (Å²) in [5, 5.41) is 0. The number of halogens is 1. The van der Waals surface area contributed by atoms with Crippen molar-refractivity contribution in [3.8, 4) is 0 Å². The largest absolute Gasteiger partial charge is 0.338 e. The Morgan fingerprint density at radius 1 is 0.870 bits per heavy atom. The van der Waals surface area contributed by atoms with E-state index in [0.29, 0.717) is 13.1 Å². The summed E-state index contributed by atoms with van der Waals surface area (Å²) in [5.74, 6) is -0.0373. The number of amides is 1. The first kappa shape index (κ1) is 16.0. The van der Waals surface area contributed by atoms with Crippen LogP contribution in [-0.4, -0.2) is 48.9 Å². The molecule has 2 aromatic carbocycles. The average molecular weight is 329 g/mol. The zero-order chi connectivity index (χ0) is 16.3. The zero-order valence-electron chi connectivity index (χ0n) is 13.3. The van der Waals surface area contributed by atoms with Gasteiger partial charge in [0.1, 0.15) is 0 Å². The van der Waals surface area contributed by atoms with E-state index >= 15 is 0 Å². The fourth-order valence-corrected chi connectivity index (χ4v) is 3.35. The molecule has 1 aliphatic rings. The molecule has 0 radical (unpaired) electrons. The number of piperazine rings is 1. The Kier molecular flexibility index (Phi) is 4.69. The molecular weight excluding hydrogens is 308 g/mol. The summed E-state index contributed by atoms with van der Waals surface area (Å²) < 4.78 is 0. The van der Waals surface area contributed by atoms with Gasteiger partial charge in [0, 0.05) is 26.2 Å². The van der Waals surface area contributed by atoms with Gasteiger partial charge in [-0.05, 0) is 18.2 Å². The predicted octanol–water partition coefficient (Wildman–Crippen LogP) is 2.94. The lowest BCUT2D eigenvalue weighted by atomic mass is 9.88. The molecule has 23 heavy (non-hydrogen) atoms. The molecule has 0 atom stereocenters. The van der Waals surface area contributed by atoms with Gasteiger partial charge in [0.25, 0.3) is 5.91 Å². The summed E-state index contributed by atoms with van der Waals surface area (Å²) >= 11 is 7.01. The van der Waals surface area contributed by atoms with Crippen molar-refractivity contribution in [2.75, 3.05) is 33.2 Å². The van der Waals surface area contributed by atoms with Crippen LogP contribution in [-0.2, 0) is 9.67 Å². The first-order valence-electron chi connectivity index (χ1n) is 7.90. The second kappa shape index (κ2) is 6.73. The van der Waals surface area contributed by atoms with Gasteiger partial charge in [-0.2, -0.15) is 0 Å². The molecule has 1 fully saturated rings. The first-order valence-corrected chi connectivity index (χ1v) is 8.28. The summed E-state index contributed by atoms with van der Waals surface area (Å²) in [6, 6.07) is 19.3. The van der Waals surface area contributed by atoms with Crippen LogP contribution in [0.25, 0.3) is 0 Å². The van der Waals surface area contributed by atoms with Crippen LogP contribution in [0.4, 0.5) is 0 Å². The third-order valence-electron chi connectivity index (χ3n) is 4.43. The number of hydrogen-bond acceptors (Lipinski definition) is 2. The minimum absolute atomic E-state index is 0.0373. The summed E-state index contributed by atoms with van der Waals surface area (Å²) in [4.78, 5) is 16.2. The molecule has 2 aromatic rings. The molecule has 0 bridgehead atoms. The van der Waals surface area contributed by atoms with E-state index in [4.69, 9.17) is 11.6 Å². The Morgan fingerprint density at radius 3 is 1.74 bits per heavy atom. The highest BCUT2D eigenvalue weighted by Gasteiger charge is 2.43. The van der Waals surface area contributed by atoms with Crippen LogP contribution < -0.4 is 0 Å². The van der Waals surface area contributed by atoms with Gasteiger partial charge < -0.3 is 9.80 Å². The summed E-state index contributed by atoms with van der Waals surface area (Å²) in [5.41, 5.74) is 1.63. The summed E-state index contributed by atoms with van der Waals surface area (Å²) in [7, 11) is 2.07. The van der Waals surface area contributed by atoms with Crippen molar-refractivity contribution >= 4 is 17.5 Å². The Hall–Kier alpha value is -1.84. The van der Waals surface area contributed by atoms with Crippen molar-refractivity contribution in [3.63, 3.8) is 0 Å². The van der Waals surface area contributed by atoms with Crippen LogP contribution >= 0.6 is 11.6 Å². The molecule has 1 aliphatic heterocycles.